The zero-order valence-electron chi connectivity index (χ0n) is 16.7. The maximum atomic E-state index is 12.1. The average Bonchev–Trinajstić information content (AvgIpc) is 3.28. The highest BCUT2D eigenvalue weighted by Crippen LogP contribution is 2.15. The second kappa shape index (κ2) is 10.6. The number of Topliss-reactive ketones (excluding diaryl/α,β-unsaturated/α-hetero) is 1. The summed E-state index contributed by atoms with van der Waals surface area (Å²) in [7, 11) is 0. The average molecular weight is 392 g/mol. The number of nitrogens with one attached hydrogen (secondary N) is 1. The lowest BCUT2D eigenvalue weighted by atomic mass is 10.1. The summed E-state index contributed by atoms with van der Waals surface area (Å²) in [6.45, 7) is 1.78. The number of aryl methyl sites for hydroxylation is 1. The van der Waals surface area contributed by atoms with Crippen molar-refractivity contribution < 1.29 is 14.4 Å². The summed E-state index contributed by atoms with van der Waals surface area (Å²) in [6, 6.07) is 16.8. The SMILES string of the molecule is O=C(CCCC(=O)c1ccccc1)Nc1ccc(CCC(=O)N2CCCC2)cc1. The zero-order valence-corrected chi connectivity index (χ0v) is 16.7. The molecule has 1 saturated heterocycles. The lowest BCUT2D eigenvalue weighted by Crippen LogP contribution is -2.27. The molecule has 0 aliphatic carbocycles. The van der Waals surface area contributed by atoms with Crippen molar-refractivity contribution in [3.8, 4) is 0 Å². The topological polar surface area (TPSA) is 66.5 Å². The number of benzene rings is 2. The first kappa shape index (κ1) is 20.8. The van der Waals surface area contributed by atoms with Crippen LogP contribution in [0.5, 0.6) is 0 Å². The van der Waals surface area contributed by atoms with Gasteiger partial charge in [-0.3, -0.25) is 14.4 Å². The number of anilines is 1. The Balaban J connectivity index is 1.37. The Morgan fingerprint density at radius 3 is 2.21 bits per heavy atom. The molecule has 3 rings (SSSR count). The van der Waals surface area contributed by atoms with Crippen molar-refractivity contribution in [3.63, 3.8) is 0 Å². The number of hydrogen-bond donors (Lipinski definition) is 1. The molecule has 1 fully saturated rings. The van der Waals surface area contributed by atoms with E-state index < -0.39 is 0 Å². The zero-order chi connectivity index (χ0) is 20.5. The second-order valence-electron chi connectivity index (χ2n) is 7.48. The molecule has 1 aliphatic rings. The summed E-state index contributed by atoms with van der Waals surface area (Å²) in [6.07, 6.45) is 4.66. The van der Waals surface area contributed by atoms with Gasteiger partial charge in [-0.05, 0) is 43.4 Å². The van der Waals surface area contributed by atoms with Crippen molar-refractivity contribution >= 4 is 23.3 Å². The van der Waals surface area contributed by atoms with Gasteiger partial charge in [-0.2, -0.15) is 0 Å². The van der Waals surface area contributed by atoms with Gasteiger partial charge in [0.15, 0.2) is 5.78 Å². The molecule has 0 bridgehead atoms. The van der Waals surface area contributed by atoms with E-state index in [2.05, 4.69) is 5.32 Å². The number of rotatable bonds is 9. The molecule has 1 aliphatic heterocycles. The summed E-state index contributed by atoms with van der Waals surface area (Å²) in [5, 5.41) is 2.87. The number of amides is 2. The Kier molecular flexibility index (Phi) is 7.56. The Morgan fingerprint density at radius 2 is 1.52 bits per heavy atom. The highest BCUT2D eigenvalue weighted by molar-refractivity contribution is 5.96. The highest BCUT2D eigenvalue weighted by atomic mass is 16.2. The van der Waals surface area contributed by atoms with Crippen LogP contribution in [0.25, 0.3) is 0 Å². The van der Waals surface area contributed by atoms with E-state index in [1.165, 1.54) is 0 Å². The van der Waals surface area contributed by atoms with Crippen molar-refractivity contribution in [2.45, 2.75) is 44.9 Å². The minimum absolute atomic E-state index is 0.0613. The van der Waals surface area contributed by atoms with E-state index in [-0.39, 0.29) is 17.6 Å². The Labute approximate surface area is 172 Å². The first-order valence-corrected chi connectivity index (χ1v) is 10.4. The third-order valence-electron chi connectivity index (χ3n) is 5.23. The molecule has 5 nitrogen and oxygen atoms in total. The molecule has 1 heterocycles. The molecule has 0 atom stereocenters. The fourth-order valence-corrected chi connectivity index (χ4v) is 3.53. The lowest BCUT2D eigenvalue weighted by Gasteiger charge is -2.15. The van der Waals surface area contributed by atoms with Gasteiger partial charge in [0.25, 0.3) is 0 Å². The lowest BCUT2D eigenvalue weighted by molar-refractivity contribution is -0.130. The van der Waals surface area contributed by atoms with Crippen LogP contribution in [-0.2, 0) is 16.0 Å². The van der Waals surface area contributed by atoms with Gasteiger partial charge in [0.2, 0.25) is 11.8 Å². The fourth-order valence-electron chi connectivity index (χ4n) is 3.53. The maximum absolute atomic E-state index is 12.1. The Morgan fingerprint density at radius 1 is 0.828 bits per heavy atom. The molecular formula is C24H28N2O3. The van der Waals surface area contributed by atoms with Gasteiger partial charge >= 0.3 is 0 Å². The third kappa shape index (κ3) is 6.56. The summed E-state index contributed by atoms with van der Waals surface area (Å²) in [4.78, 5) is 38.2. The molecule has 0 aromatic heterocycles. The van der Waals surface area contributed by atoms with Crippen LogP contribution in [0.3, 0.4) is 0 Å². The summed E-state index contributed by atoms with van der Waals surface area (Å²) < 4.78 is 0. The van der Waals surface area contributed by atoms with Gasteiger partial charge in [-0.15, -0.1) is 0 Å². The van der Waals surface area contributed by atoms with Gasteiger partial charge in [0.1, 0.15) is 0 Å². The maximum Gasteiger partial charge on any atom is 0.224 e. The van der Waals surface area contributed by atoms with E-state index in [0.29, 0.717) is 37.7 Å². The van der Waals surface area contributed by atoms with Crippen LogP contribution < -0.4 is 5.32 Å². The molecule has 5 heteroatoms. The first-order chi connectivity index (χ1) is 14.1. The van der Waals surface area contributed by atoms with Crippen LogP contribution in [0.15, 0.2) is 54.6 Å². The third-order valence-corrected chi connectivity index (χ3v) is 5.23. The van der Waals surface area contributed by atoms with E-state index in [1.54, 1.807) is 12.1 Å². The molecule has 29 heavy (non-hydrogen) atoms. The van der Waals surface area contributed by atoms with Gasteiger partial charge in [-0.25, -0.2) is 0 Å². The smallest absolute Gasteiger partial charge is 0.224 e. The fraction of sp³-hybridized carbons (Fsp3) is 0.375. The number of ketones is 1. The molecule has 2 amide bonds. The standard InChI is InChI=1S/C24H28N2O3/c27-22(20-7-2-1-3-8-20)9-6-10-23(28)25-21-14-11-19(12-15-21)13-16-24(29)26-17-4-5-18-26/h1-3,7-8,11-12,14-15H,4-6,9-10,13,16-18H2,(H,25,28). The minimum Gasteiger partial charge on any atom is -0.343 e. The number of carbonyl (C=O) groups is 3. The normalized spacial score (nSPS) is 13.3. The van der Waals surface area contributed by atoms with Crippen LogP contribution in [0.1, 0.15) is 54.4 Å². The molecule has 2 aromatic rings. The van der Waals surface area contributed by atoms with Crippen LogP contribution in [-0.4, -0.2) is 35.6 Å². The number of hydrogen-bond acceptors (Lipinski definition) is 3. The molecule has 1 N–H and O–H groups in total. The summed E-state index contributed by atoms with van der Waals surface area (Å²) in [5.74, 6) is 0.194. The minimum atomic E-state index is -0.0946. The van der Waals surface area contributed by atoms with Crippen molar-refractivity contribution in [1.29, 1.82) is 0 Å². The van der Waals surface area contributed by atoms with E-state index in [4.69, 9.17) is 0 Å². The molecule has 0 unspecified atom stereocenters. The van der Waals surface area contributed by atoms with Crippen LogP contribution >= 0.6 is 0 Å². The van der Waals surface area contributed by atoms with Gasteiger partial charge in [-0.1, -0.05) is 42.5 Å². The molecule has 0 spiro atoms. The van der Waals surface area contributed by atoms with E-state index >= 15 is 0 Å². The molecule has 0 saturated carbocycles. The van der Waals surface area contributed by atoms with Gasteiger partial charge in [0.05, 0.1) is 0 Å². The molecule has 152 valence electrons. The molecular weight excluding hydrogens is 364 g/mol. The van der Waals surface area contributed by atoms with E-state index in [1.807, 2.05) is 47.4 Å². The van der Waals surface area contributed by atoms with Crippen LogP contribution in [0.4, 0.5) is 5.69 Å². The summed E-state index contributed by atoms with van der Waals surface area (Å²) in [5.41, 5.74) is 2.51. The largest absolute Gasteiger partial charge is 0.343 e. The second-order valence-corrected chi connectivity index (χ2v) is 7.48. The number of likely N-dealkylation sites (tertiary alicyclic amines) is 1. The Bertz CT molecular complexity index is 825. The quantitative estimate of drug-likeness (QED) is 0.649. The van der Waals surface area contributed by atoms with E-state index in [9.17, 15) is 14.4 Å². The predicted molar refractivity (Wildman–Crippen MR) is 114 cm³/mol. The molecule has 0 radical (unpaired) electrons. The predicted octanol–water partition coefficient (Wildman–Crippen LogP) is 4.23. The van der Waals surface area contributed by atoms with Gasteiger partial charge < -0.3 is 10.2 Å². The van der Waals surface area contributed by atoms with Crippen molar-refractivity contribution in [1.82, 2.24) is 4.90 Å². The van der Waals surface area contributed by atoms with E-state index in [0.717, 1.165) is 37.2 Å². The van der Waals surface area contributed by atoms with Crippen molar-refractivity contribution in [2.75, 3.05) is 18.4 Å². The van der Waals surface area contributed by atoms with Crippen molar-refractivity contribution in [3.05, 3.63) is 65.7 Å². The number of nitrogens with zero attached hydrogens (tertiary/aromatic N) is 1. The monoisotopic (exact) mass is 392 g/mol. The first-order valence-electron chi connectivity index (χ1n) is 10.4. The Hall–Kier alpha value is -2.95. The summed E-state index contributed by atoms with van der Waals surface area (Å²) >= 11 is 0. The van der Waals surface area contributed by atoms with Crippen molar-refractivity contribution in [2.24, 2.45) is 0 Å². The number of carbonyl (C=O) groups excluding carboxylic acids is 3. The van der Waals surface area contributed by atoms with Crippen LogP contribution in [0.2, 0.25) is 0 Å². The van der Waals surface area contributed by atoms with Gasteiger partial charge in [0, 0.05) is 43.6 Å². The van der Waals surface area contributed by atoms with Crippen LogP contribution in [0, 0.1) is 0 Å². The molecule has 2 aromatic carbocycles. The highest BCUT2D eigenvalue weighted by Gasteiger charge is 2.17.